The number of phenols is 1. The molecule has 0 saturated heterocycles. The van der Waals surface area contributed by atoms with Gasteiger partial charge in [-0.1, -0.05) is 0 Å². The van der Waals surface area contributed by atoms with Gasteiger partial charge in [-0.25, -0.2) is 5.43 Å². The first-order chi connectivity index (χ1) is 16.8. The maximum absolute atomic E-state index is 12.3. The van der Waals surface area contributed by atoms with E-state index in [1.807, 2.05) is 38.1 Å². The van der Waals surface area contributed by atoms with Crippen LogP contribution in [0.25, 0.3) is 5.69 Å². The van der Waals surface area contributed by atoms with Crippen molar-refractivity contribution in [2.45, 2.75) is 20.5 Å². The van der Waals surface area contributed by atoms with Crippen molar-refractivity contribution in [3.05, 3.63) is 105 Å². The standard InChI is InChI=1S/C25H22N4O6/c1-16-3-4-17(2)28(16)19-5-8-21(9-6-19)34-15-22-10-12-24(35-22)25(31)27-26-14-18-13-20(30)7-11-23(18)29(32)33/h3-14,30H,15H2,1-2H3,(H,27,31)/b26-14+. The van der Waals surface area contributed by atoms with Gasteiger partial charge in [0.2, 0.25) is 0 Å². The van der Waals surface area contributed by atoms with Crippen molar-refractivity contribution in [3.63, 3.8) is 0 Å². The Kier molecular flexibility index (Phi) is 6.63. The molecule has 0 aliphatic rings. The van der Waals surface area contributed by atoms with Gasteiger partial charge >= 0.3 is 5.91 Å². The van der Waals surface area contributed by atoms with E-state index in [-0.39, 0.29) is 29.4 Å². The highest BCUT2D eigenvalue weighted by Gasteiger charge is 2.14. The normalized spacial score (nSPS) is 11.0. The number of benzene rings is 2. The van der Waals surface area contributed by atoms with Crippen LogP contribution in [-0.4, -0.2) is 26.7 Å². The van der Waals surface area contributed by atoms with E-state index in [0.717, 1.165) is 29.4 Å². The Morgan fingerprint density at radius 3 is 2.51 bits per heavy atom. The zero-order chi connectivity index (χ0) is 24.9. The van der Waals surface area contributed by atoms with Crippen LogP contribution in [0.4, 0.5) is 5.69 Å². The molecule has 0 radical (unpaired) electrons. The van der Waals surface area contributed by atoms with Gasteiger partial charge in [0, 0.05) is 23.1 Å². The zero-order valence-corrected chi connectivity index (χ0v) is 19.0. The highest BCUT2D eigenvalue weighted by Crippen LogP contribution is 2.22. The molecule has 4 aromatic rings. The number of aryl methyl sites for hydroxylation is 2. The fraction of sp³-hybridized carbons (Fsp3) is 0.120. The number of nitro benzene ring substituents is 1. The molecule has 4 rings (SSSR count). The van der Waals surface area contributed by atoms with Crippen LogP contribution in [0.15, 0.2) is 76.2 Å². The van der Waals surface area contributed by atoms with E-state index in [4.69, 9.17) is 9.15 Å². The number of hydrogen-bond acceptors (Lipinski definition) is 7. The number of aromatic hydroxyl groups is 1. The third-order valence-corrected chi connectivity index (χ3v) is 5.21. The topological polar surface area (TPSA) is 132 Å². The molecule has 0 aliphatic heterocycles. The van der Waals surface area contributed by atoms with E-state index in [2.05, 4.69) is 27.2 Å². The van der Waals surface area contributed by atoms with Crippen molar-refractivity contribution in [1.82, 2.24) is 9.99 Å². The summed E-state index contributed by atoms with van der Waals surface area (Å²) in [7, 11) is 0. The average Bonchev–Trinajstić information content (AvgIpc) is 3.44. The van der Waals surface area contributed by atoms with Gasteiger partial charge in [0.1, 0.15) is 23.9 Å². The van der Waals surface area contributed by atoms with Gasteiger partial charge in [0.15, 0.2) is 5.76 Å². The quantitative estimate of drug-likeness (QED) is 0.217. The number of aromatic nitrogens is 1. The minimum absolute atomic E-state index is 0.0000599. The van der Waals surface area contributed by atoms with Gasteiger partial charge in [-0.2, -0.15) is 5.10 Å². The number of amides is 1. The molecule has 2 aromatic carbocycles. The Morgan fingerprint density at radius 1 is 1.11 bits per heavy atom. The predicted molar refractivity (Wildman–Crippen MR) is 128 cm³/mol. The summed E-state index contributed by atoms with van der Waals surface area (Å²) in [6.45, 7) is 4.21. The van der Waals surface area contributed by atoms with E-state index in [1.165, 1.54) is 18.2 Å². The number of furan rings is 1. The fourth-order valence-corrected chi connectivity index (χ4v) is 3.53. The largest absolute Gasteiger partial charge is 0.508 e. The number of hydrogen-bond donors (Lipinski definition) is 2. The lowest BCUT2D eigenvalue weighted by molar-refractivity contribution is -0.385. The number of nitrogens with one attached hydrogen (secondary N) is 1. The minimum Gasteiger partial charge on any atom is -0.508 e. The molecule has 0 unspecified atom stereocenters. The summed E-state index contributed by atoms with van der Waals surface area (Å²) in [5.41, 5.74) is 5.33. The molecule has 0 fully saturated rings. The lowest BCUT2D eigenvalue weighted by Crippen LogP contribution is -2.16. The van der Waals surface area contributed by atoms with Crippen LogP contribution in [0.2, 0.25) is 0 Å². The molecule has 0 aliphatic carbocycles. The lowest BCUT2D eigenvalue weighted by Gasteiger charge is -2.10. The van der Waals surface area contributed by atoms with Gasteiger partial charge < -0.3 is 18.8 Å². The molecule has 0 spiro atoms. The summed E-state index contributed by atoms with van der Waals surface area (Å²) >= 11 is 0. The first-order valence-electron chi connectivity index (χ1n) is 10.6. The van der Waals surface area contributed by atoms with Crippen molar-refractivity contribution >= 4 is 17.8 Å². The van der Waals surface area contributed by atoms with Crippen LogP contribution in [0.5, 0.6) is 11.5 Å². The van der Waals surface area contributed by atoms with Crippen LogP contribution in [0.3, 0.4) is 0 Å². The second-order valence-electron chi connectivity index (χ2n) is 7.70. The number of ether oxygens (including phenoxy) is 1. The Morgan fingerprint density at radius 2 is 1.83 bits per heavy atom. The van der Waals surface area contributed by atoms with E-state index in [1.54, 1.807) is 6.07 Å². The Labute approximate surface area is 200 Å². The fourth-order valence-electron chi connectivity index (χ4n) is 3.53. The summed E-state index contributed by atoms with van der Waals surface area (Å²) < 4.78 is 13.4. The average molecular weight is 474 g/mol. The van der Waals surface area contributed by atoms with Crippen LogP contribution < -0.4 is 10.2 Å². The molecule has 35 heavy (non-hydrogen) atoms. The zero-order valence-electron chi connectivity index (χ0n) is 19.0. The number of hydrazone groups is 1. The Bertz CT molecular complexity index is 1380. The first-order valence-corrected chi connectivity index (χ1v) is 10.6. The van der Waals surface area contributed by atoms with Crippen LogP contribution in [0, 0.1) is 24.0 Å². The van der Waals surface area contributed by atoms with Gasteiger partial charge in [-0.15, -0.1) is 0 Å². The van der Waals surface area contributed by atoms with Crippen LogP contribution in [0.1, 0.15) is 33.3 Å². The first kappa shape index (κ1) is 23.3. The summed E-state index contributed by atoms with van der Waals surface area (Å²) in [5, 5.41) is 24.3. The van der Waals surface area contributed by atoms with E-state index in [9.17, 15) is 20.0 Å². The van der Waals surface area contributed by atoms with Gasteiger partial charge in [-0.3, -0.25) is 14.9 Å². The van der Waals surface area contributed by atoms with E-state index >= 15 is 0 Å². The molecule has 178 valence electrons. The number of carbonyl (C=O) groups is 1. The van der Waals surface area contributed by atoms with Crippen molar-refractivity contribution in [2.24, 2.45) is 5.10 Å². The van der Waals surface area contributed by atoms with Crippen molar-refractivity contribution < 1.29 is 24.0 Å². The van der Waals surface area contributed by atoms with E-state index in [0.29, 0.717) is 11.5 Å². The van der Waals surface area contributed by atoms with Gasteiger partial charge in [0.25, 0.3) is 5.69 Å². The highest BCUT2D eigenvalue weighted by molar-refractivity contribution is 5.93. The summed E-state index contributed by atoms with van der Waals surface area (Å²) in [5.74, 6) is 0.278. The Balaban J connectivity index is 1.34. The monoisotopic (exact) mass is 474 g/mol. The summed E-state index contributed by atoms with van der Waals surface area (Å²) in [6, 6.07) is 18.4. The molecule has 0 saturated carbocycles. The molecular formula is C25H22N4O6. The third-order valence-electron chi connectivity index (χ3n) is 5.21. The SMILES string of the molecule is Cc1ccc(C)n1-c1ccc(OCc2ccc(C(=O)N/N=C/c3cc(O)ccc3[N+](=O)[O-])o2)cc1. The van der Waals surface area contributed by atoms with Crippen molar-refractivity contribution in [2.75, 3.05) is 0 Å². The number of nitro groups is 1. The van der Waals surface area contributed by atoms with Crippen molar-refractivity contribution in [3.8, 4) is 17.2 Å². The molecule has 1 amide bonds. The maximum Gasteiger partial charge on any atom is 0.307 e. The summed E-state index contributed by atoms with van der Waals surface area (Å²) in [6.07, 6.45) is 1.07. The second-order valence-corrected chi connectivity index (χ2v) is 7.70. The third kappa shape index (κ3) is 5.38. The van der Waals surface area contributed by atoms with Gasteiger partial charge in [-0.05, 0) is 74.5 Å². The molecule has 2 aromatic heterocycles. The predicted octanol–water partition coefficient (Wildman–Crippen LogP) is 4.64. The molecule has 0 bridgehead atoms. The minimum atomic E-state index is -0.642. The molecule has 10 nitrogen and oxygen atoms in total. The Hall–Kier alpha value is -4.86. The highest BCUT2D eigenvalue weighted by atomic mass is 16.6. The maximum atomic E-state index is 12.3. The number of nitrogens with zero attached hydrogens (tertiary/aromatic N) is 3. The van der Waals surface area contributed by atoms with Crippen molar-refractivity contribution in [1.29, 1.82) is 0 Å². The molecule has 10 heteroatoms. The molecule has 2 heterocycles. The van der Waals surface area contributed by atoms with Crippen LogP contribution >= 0.6 is 0 Å². The number of carbonyl (C=O) groups excluding carboxylic acids is 1. The number of rotatable bonds is 8. The van der Waals surface area contributed by atoms with Crippen LogP contribution in [-0.2, 0) is 6.61 Å². The second kappa shape index (κ2) is 9.96. The summed E-state index contributed by atoms with van der Waals surface area (Å²) in [4.78, 5) is 22.7. The molecular weight excluding hydrogens is 452 g/mol. The molecule has 2 N–H and O–H groups in total. The van der Waals surface area contributed by atoms with Gasteiger partial charge in [0.05, 0.1) is 16.7 Å². The smallest absolute Gasteiger partial charge is 0.307 e. The molecule has 0 atom stereocenters. The van der Waals surface area contributed by atoms with E-state index < -0.39 is 10.8 Å². The lowest BCUT2D eigenvalue weighted by atomic mass is 10.2. The number of phenolic OH excluding ortho intramolecular Hbond substituents is 1.